The van der Waals surface area contributed by atoms with Crippen LogP contribution < -0.4 is 10.9 Å². The number of halogens is 2. The van der Waals surface area contributed by atoms with Gasteiger partial charge in [-0.1, -0.05) is 17.7 Å². The predicted molar refractivity (Wildman–Crippen MR) is 69.5 cm³/mol. The van der Waals surface area contributed by atoms with Gasteiger partial charge in [-0.15, -0.1) is 0 Å². The molecule has 0 spiro atoms. The van der Waals surface area contributed by atoms with E-state index in [1.807, 2.05) is 0 Å². The van der Waals surface area contributed by atoms with Gasteiger partial charge in [-0.2, -0.15) is 0 Å². The minimum atomic E-state index is -0.594. The van der Waals surface area contributed by atoms with Gasteiger partial charge in [0.25, 0.3) is 0 Å². The number of hydrogen-bond acceptors (Lipinski definition) is 4. The number of hydrogen-bond donors (Lipinski definition) is 2. The molecule has 0 bridgehead atoms. The number of benzene rings is 1. The van der Waals surface area contributed by atoms with E-state index in [-0.39, 0.29) is 11.1 Å². The molecular formula is C12H13ClFN3O2. The Morgan fingerprint density at radius 3 is 3.05 bits per heavy atom. The molecule has 1 atom stereocenters. The fourth-order valence-electron chi connectivity index (χ4n) is 1.82. The number of ether oxygens (including phenoxy) is 1. The van der Waals surface area contributed by atoms with E-state index in [1.165, 1.54) is 19.2 Å². The molecule has 2 N–H and O–H groups in total. The van der Waals surface area contributed by atoms with Crippen molar-refractivity contribution in [2.75, 3.05) is 7.11 Å². The fraction of sp³-hybridized carbons (Fsp3) is 0.333. The van der Waals surface area contributed by atoms with Gasteiger partial charge in [-0.3, -0.25) is 10.4 Å². The highest BCUT2D eigenvalue weighted by molar-refractivity contribution is 6.30. The summed E-state index contributed by atoms with van der Waals surface area (Å²) in [7, 11) is 1.27. The molecule has 102 valence electrons. The molecule has 5 nitrogen and oxygen atoms in total. The molecule has 0 aromatic heterocycles. The molecule has 2 rings (SSSR count). The Hall–Kier alpha value is -1.82. The molecule has 0 radical (unpaired) electrons. The van der Waals surface area contributed by atoms with Crippen LogP contribution >= 0.6 is 11.6 Å². The number of carbonyl (C=O) groups is 1. The number of amides is 1. The standard InChI is InChI=1S/C12H13ClFN3O2/c1-19-12(18)17-16-11-5-4-10(15-11)7-2-3-8(13)9(14)6-7/h2-3,6,10H,4-5H2,1H3,(H,15,16)(H,17,18). The van der Waals surface area contributed by atoms with Crippen molar-refractivity contribution in [3.8, 4) is 0 Å². The maximum Gasteiger partial charge on any atom is 0.425 e. The van der Waals surface area contributed by atoms with E-state index in [0.717, 1.165) is 12.0 Å². The number of nitrogens with zero attached hydrogens (tertiary/aromatic N) is 1. The van der Waals surface area contributed by atoms with Crippen molar-refractivity contribution in [1.29, 1.82) is 0 Å². The van der Waals surface area contributed by atoms with Crippen LogP contribution in [0.1, 0.15) is 24.4 Å². The Labute approximate surface area is 114 Å². The molecule has 1 aliphatic heterocycles. The lowest BCUT2D eigenvalue weighted by Crippen LogP contribution is -2.40. The van der Waals surface area contributed by atoms with Crippen molar-refractivity contribution >= 4 is 23.5 Å². The quantitative estimate of drug-likeness (QED) is 0.780. The van der Waals surface area contributed by atoms with Gasteiger partial charge in [0.05, 0.1) is 18.2 Å². The molecule has 19 heavy (non-hydrogen) atoms. The summed E-state index contributed by atoms with van der Waals surface area (Å²) in [4.78, 5) is 15.2. The highest BCUT2D eigenvalue weighted by Crippen LogP contribution is 2.30. The molecule has 7 heteroatoms. The molecule has 0 aliphatic carbocycles. The number of nitrogens with one attached hydrogen (secondary N) is 2. The molecule has 1 heterocycles. The second-order valence-corrected chi connectivity index (χ2v) is 4.45. The van der Waals surface area contributed by atoms with Crippen LogP contribution in [0.2, 0.25) is 5.02 Å². The highest BCUT2D eigenvalue weighted by atomic mass is 35.5. The Balaban J connectivity index is 2.01. The summed E-state index contributed by atoms with van der Waals surface area (Å²) in [6.07, 6.45) is 0.814. The van der Waals surface area contributed by atoms with E-state index in [9.17, 15) is 9.18 Å². The van der Waals surface area contributed by atoms with E-state index >= 15 is 0 Å². The zero-order chi connectivity index (χ0) is 13.8. The van der Waals surface area contributed by atoms with Gasteiger partial charge in [0.1, 0.15) is 11.7 Å². The average molecular weight is 286 g/mol. The lowest BCUT2D eigenvalue weighted by molar-refractivity contribution is 0.168. The number of methoxy groups -OCH3 is 1. The average Bonchev–Trinajstić information content (AvgIpc) is 2.88. The van der Waals surface area contributed by atoms with Crippen LogP contribution in [0.15, 0.2) is 23.2 Å². The summed E-state index contributed by atoms with van der Waals surface area (Å²) in [6, 6.07) is 4.51. The van der Waals surface area contributed by atoms with Gasteiger partial charge in [-0.05, 0) is 24.1 Å². The van der Waals surface area contributed by atoms with Gasteiger partial charge in [0, 0.05) is 6.42 Å². The van der Waals surface area contributed by atoms with Crippen LogP contribution in [-0.2, 0) is 4.74 Å². The first-order valence-corrected chi connectivity index (χ1v) is 6.09. The van der Waals surface area contributed by atoms with Crippen molar-refractivity contribution < 1.29 is 13.9 Å². The SMILES string of the molecule is COC(=O)NNC1=NC(c2ccc(Cl)c(F)c2)CC1. The third-order valence-electron chi connectivity index (χ3n) is 2.79. The van der Waals surface area contributed by atoms with Gasteiger partial charge < -0.3 is 4.74 Å². The third kappa shape index (κ3) is 3.35. The fourth-order valence-corrected chi connectivity index (χ4v) is 1.94. The second kappa shape index (κ2) is 5.88. The number of carbonyl (C=O) groups excluding carboxylic acids is 1. The maximum absolute atomic E-state index is 13.4. The zero-order valence-electron chi connectivity index (χ0n) is 10.2. The lowest BCUT2D eigenvalue weighted by Gasteiger charge is -2.07. The summed E-state index contributed by atoms with van der Waals surface area (Å²) in [5, 5.41) is 0.0939. The van der Waals surface area contributed by atoms with Crippen LogP contribution in [0.5, 0.6) is 0 Å². The van der Waals surface area contributed by atoms with Crippen molar-refractivity contribution in [3.05, 3.63) is 34.6 Å². The molecular weight excluding hydrogens is 273 g/mol. The largest absolute Gasteiger partial charge is 0.452 e. The van der Waals surface area contributed by atoms with E-state index in [0.29, 0.717) is 12.3 Å². The first kappa shape index (κ1) is 13.6. The molecule has 1 amide bonds. The maximum atomic E-state index is 13.4. The van der Waals surface area contributed by atoms with Crippen LogP contribution in [-0.4, -0.2) is 19.0 Å². The Morgan fingerprint density at radius 1 is 1.58 bits per heavy atom. The number of rotatable bonds is 1. The molecule has 1 unspecified atom stereocenters. The summed E-state index contributed by atoms with van der Waals surface area (Å²) in [6.45, 7) is 0. The van der Waals surface area contributed by atoms with Crippen LogP contribution in [0.3, 0.4) is 0 Å². The zero-order valence-corrected chi connectivity index (χ0v) is 11.0. The smallest absolute Gasteiger partial charge is 0.425 e. The first-order valence-electron chi connectivity index (χ1n) is 5.71. The molecule has 0 saturated carbocycles. The topological polar surface area (TPSA) is 62.7 Å². The third-order valence-corrected chi connectivity index (χ3v) is 3.10. The van der Waals surface area contributed by atoms with Crippen molar-refractivity contribution in [1.82, 2.24) is 10.9 Å². The molecule has 1 aliphatic rings. The van der Waals surface area contributed by atoms with Crippen LogP contribution in [0.25, 0.3) is 0 Å². The summed E-state index contributed by atoms with van der Waals surface area (Å²) in [5.74, 6) is 0.175. The molecule has 0 saturated heterocycles. The van der Waals surface area contributed by atoms with Gasteiger partial charge in [0.15, 0.2) is 0 Å². The minimum absolute atomic E-state index is 0.0939. The normalized spacial score (nSPS) is 17.8. The van der Waals surface area contributed by atoms with Crippen molar-refractivity contribution in [2.24, 2.45) is 4.99 Å². The van der Waals surface area contributed by atoms with E-state index in [1.54, 1.807) is 6.07 Å². The Bertz CT molecular complexity index is 522. The predicted octanol–water partition coefficient (Wildman–Crippen LogP) is 2.57. The van der Waals surface area contributed by atoms with Crippen molar-refractivity contribution in [2.45, 2.75) is 18.9 Å². The van der Waals surface area contributed by atoms with Gasteiger partial charge in [-0.25, -0.2) is 14.6 Å². The second-order valence-electron chi connectivity index (χ2n) is 4.05. The molecule has 1 aromatic rings. The minimum Gasteiger partial charge on any atom is -0.452 e. The number of hydrazine groups is 1. The van der Waals surface area contributed by atoms with Crippen molar-refractivity contribution in [3.63, 3.8) is 0 Å². The van der Waals surface area contributed by atoms with Crippen LogP contribution in [0, 0.1) is 5.82 Å². The summed E-state index contributed by atoms with van der Waals surface area (Å²) >= 11 is 5.63. The van der Waals surface area contributed by atoms with Gasteiger partial charge >= 0.3 is 6.09 Å². The highest BCUT2D eigenvalue weighted by Gasteiger charge is 2.20. The monoisotopic (exact) mass is 285 g/mol. The first-order chi connectivity index (χ1) is 9.10. The molecule has 1 aromatic carbocycles. The van der Waals surface area contributed by atoms with E-state index in [4.69, 9.17) is 11.6 Å². The Kier molecular flexibility index (Phi) is 4.21. The van der Waals surface area contributed by atoms with Gasteiger partial charge in [0.2, 0.25) is 0 Å². The Morgan fingerprint density at radius 2 is 2.37 bits per heavy atom. The number of aliphatic imine (C=N–C) groups is 1. The van der Waals surface area contributed by atoms with E-state index < -0.39 is 11.9 Å². The molecule has 0 fully saturated rings. The van der Waals surface area contributed by atoms with Crippen LogP contribution in [0.4, 0.5) is 9.18 Å². The summed E-state index contributed by atoms with van der Waals surface area (Å²) in [5.41, 5.74) is 5.75. The van der Waals surface area contributed by atoms with E-state index in [2.05, 4.69) is 20.6 Å². The number of amidine groups is 1. The lowest BCUT2D eigenvalue weighted by atomic mass is 10.1. The summed E-state index contributed by atoms with van der Waals surface area (Å²) < 4.78 is 17.8.